The van der Waals surface area contributed by atoms with E-state index in [-0.39, 0.29) is 0 Å². The fourth-order valence-corrected chi connectivity index (χ4v) is 4.77. The lowest BCUT2D eigenvalue weighted by atomic mass is 9.68. The summed E-state index contributed by atoms with van der Waals surface area (Å²) in [5.41, 5.74) is 0.696. The van der Waals surface area contributed by atoms with Crippen LogP contribution in [0.15, 0.2) is 17.5 Å². The van der Waals surface area contributed by atoms with Gasteiger partial charge in [-0.25, -0.2) is 0 Å². The molecule has 116 valence electrons. The highest BCUT2D eigenvalue weighted by Crippen LogP contribution is 2.44. The lowest BCUT2D eigenvalue weighted by Crippen LogP contribution is -2.41. The van der Waals surface area contributed by atoms with Gasteiger partial charge in [0.15, 0.2) is 5.78 Å². The normalized spacial score (nSPS) is 22.5. The standard InChI is InChI=1S/C18H27NOS/c20-16(17-7-5-15-21-17)6-4-12-19-13-10-18(11-14-19)8-2-1-3-9-18/h5,7,15H,1-4,6,8-14H2. The highest BCUT2D eigenvalue weighted by atomic mass is 32.1. The van der Waals surface area contributed by atoms with E-state index in [1.807, 2.05) is 17.5 Å². The molecule has 1 saturated carbocycles. The first-order chi connectivity index (χ1) is 10.3. The van der Waals surface area contributed by atoms with Gasteiger partial charge in [0.2, 0.25) is 0 Å². The fraction of sp³-hybridized carbons (Fsp3) is 0.722. The quantitative estimate of drug-likeness (QED) is 0.731. The van der Waals surface area contributed by atoms with E-state index in [4.69, 9.17) is 0 Å². The van der Waals surface area contributed by atoms with Crippen molar-refractivity contribution in [2.75, 3.05) is 19.6 Å². The molecule has 2 fully saturated rings. The Morgan fingerprint density at radius 3 is 2.57 bits per heavy atom. The Morgan fingerprint density at radius 2 is 1.90 bits per heavy atom. The average molecular weight is 305 g/mol. The van der Waals surface area contributed by atoms with Crippen LogP contribution in [0.2, 0.25) is 0 Å². The molecule has 1 saturated heterocycles. The van der Waals surface area contributed by atoms with Crippen molar-refractivity contribution in [1.82, 2.24) is 4.90 Å². The number of likely N-dealkylation sites (tertiary alicyclic amines) is 1. The number of nitrogens with zero attached hydrogens (tertiary/aromatic N) is 1. The first-order valence-electron chi connectivity index (χ1n) is 8.57. The molecular formula is C18H27NOS. The van der Waals surface area contributed by atoms with E-state index in [2.05, 4.69) is 4.90 Å². The molecule has 2 nitrogen and oxygen atoms in total. The summed E-state index contributed by atoms with van der Waals surface area (Å²) >= 11 is 1.57. The van der Waals surface area contributed by atoms with E-state index in [1.165, 1.54) is 58.0 Å². The molecular weight excluding hydrogens is 278 g/mol. The third-order valence-electron chi connectivity index (χ3n) is 5.51. The molecule has 0 aromatic carbocycles. The predicted molar refractivity (Wildman–Crippen MR) is 89.1 cm³/mol. The minimum Gasteiger partial charge on any atom is -0.303 e. The average Bonchev–Trinajstić information content (AvgIpc) is 3.05. The number of Topliss-reactive ketones (excluding diaryl/α,β-unsaturated/α-hetero) is 1. The Kier molecular flexibility index (Phi) is 5.12. The number of piperidine rings is 1. The molecule has 0 radical (unpaired) electrons. The van der Waals surface area contributed by atoms with Crippen molar-refractivity contribution in [2.24, 2.45) is 5.41 Å². The second kappa shape index (κ2) is 7.06. The zero-order valence-electron chi connectivity index (χ0n) is 13.0. The van der Waals surface area contributed by atoms with Crippen LogP contribution in [0, 0.1) is 5.41 Å². The molecule has 2 heterocycles. The Morgan fingerprint density at radius 1 is 1.14 bits per heavy atom. The third kappa shape index (κ3) is 3.95. The summed E-state index contributed by atoms with van der Waals surface area (Å²) in [6, 6.07) is 3.91. The van der Waals surface area contributed by atoms with Crippen molar-refractivity contribution in [2.45, 2.75) is 57.8 Å². The number of rotatable bonds is 5. The summed E-state index contributed by atoms with van der Waals surface area (Å²) in [4.78, 5) is 15.5. The van der Waals surface area contributed by atoms with Crippen molar-refractivity contribution >= 4 is 17.1 Å². The molecule has 2 aliphatic rings. The molecule has 1 aliphatic heterocycles. The molecule has 0 unspecified atom stereocenters. The summed E-state index contributed by atoms with van der Waals surface area (Å²) < 4.78 is 0. The Hall–Kier alpha value is -0.670. The molecule has 1 aromatic heterocycles. The maximum absolute atomic E-state index is 12.0. The number of carbonyl (C=O) groups excluding carboxylic acids is 1. The highest BCUT2D eigenvalue weighted by Gasteiger charge is 2.35. The van der Waals surface area contributed by atoms with E-state index in [9.17, 15) is 4.79 Å². The van der Waals surface area contributed by atoms with Gasteiger partial charge in [-0.05, 0) is 68.6 Å². The number of hydrogen-bond donors (Lipinski definition) is 0. The summed E-state index contributed by atoms with van der Waals surface area (Å²) in [5.74, 6) is 0.325. The molecule has 3 rings (SSSR count). The molecule has 0 amide bonds. The smallest absolute Gasteiger partial charge is 0.172 e. The van der Waals surface area contributed by atoms with Gasteiger partial charge in [0, 0.05) is 6.42 Å². The van der Waals surface area contributed by atoms with Gasteiger partial charge < -0.3 is 4.90 Å². The maximum atomic E-state index is 12.0. The van der Waals surface area contributed by atoms with Crippen LogP contribution in [-0.4, -0.2) is 30.3 Å². The zero-order chi connectivity index (χ0) is 14.5. The largest absolute Gasteiger partial charge is 0.303 e. The Balaban J connectivity index is 1.37. The number of ketones is 1. The van der Waals surface area contributed by atoms with Crippen LogP contribution in [0.25, 0.3) is 0 Å². The number of thiophene rings is 1. The van der Waals surface area contributed by atoms with E-state index in [0.717, 1.165) is 17.8 Å². The topological polar surface area (TPSA) is 20.3 Å². The Labute approximate surface area is 132 Å². The lowest BCUT2D eigenvalue weighted by molar-refractivity contribution is 0.0663. The molecule has 1 aliphatic carbocycles. The van der Waals surface area contributed by atoms with Gasteiger partial charge in [0.1, 0.15) is 0 Å². The number of hydrogen-bond acceptors (Lipinski definition) is 3. The third-order valence-corrected chi connectivity index (χ3v) is 6.42. The van der Waals surface area contributed by atoms with Gasteiger partial charge in [-0.1, -0.05) is 25.3 Å². The summed E-state index contributed by atoms with van der Waals surface area (Å²) in [7, 11) is 0. The molecule has 0 atom stereocenters. The van der Waals surface area contributed by atoms with Crippen LogP contribution in [0.1, 0.15) is 67.5 Å². The minimum absolute atomic E-state index is 0.325. The lowest BCUT2D eigenvalue weighted by Gasteiger charge is -2.44. The van der Waals surface area contributed by atoms with Crippen molar-refractivity contribution in [3.05, 3.63) is 22.4 Å². The summed E-state index contributed by atoms with van der Waals surface area (Å²) in [6.45, 7) is 3.62. The second-order valence-electron chi connectivity index (χ2n) is 6.91. The van der Waals surface area contributed by atoms with Crippen LogP contribution in [0.3, 0.4) is 0 Å². The van der Waals surface area contributed by atoms with E-state index < -0.39 is 0 Å². The van der Waals surface area contributed by atoms with E-state index >= 15 is 0 Å². The first kappa shape index (κ1) is 15.2. The fourth-order valence-electron chi connectivity index (χ4n) is 4.08. The Bertz CT molecular complexity index is 438. The van der Waals surface area contributed by atoms with Crippen LogP contribution >= 0.6 is 11.3 Å². The van der Waals surface area contributed by atoms with Gasteiger partial charge in [-0.2, -0.15) is 0 Å². The van der Waals surface area contributed by atoms with Crippen LogP contribution in [0.5, 0.6) is 0 Å². The van der Waals surface area contributed by atoms with Gasteiger partial charge in [0.05, 0.1) is 4.88 Å². The molecule has 1 spiro atoms. The van der Waals surface area contributed by atoms with E-state index in [1.54, 1.807) is 11.3 Å². The molecule has 0 N–H and O–H groups in total. The first-order valence-corrected chi connectivity index (χ1v) is 9.45. The van der Waals surface area contributed by atoms with Crippen LogP contribution in [-0.2, 0) is 0 Å². The SMILES string of the molecule is O=C(CCCN1CCC2(CCCCC2)CC1)c1cccs1. The van der Waals surface area contributed by atoms with Gasteiger partial charge >= 0.3 is 0 Å². The van der Waals surface area contributed by atoms with Crippen LogP contribution < -0.4 is 0 Å². The zero-order valence-corrected chi connectivity index (χ0v) is 13.8. The van der Waals surface area contributed by atoms with Gasteiger partial charge in [-0.15, -0.1) is 11.3 Å². The van der Waals surface area contributed by atoms with E-state index in [0.29, 0.717) is 17.6 Å². The van der Waals surface area contributed by atoms with Crippen molar-refractivity contribution < 1.29 is 4.79 Å². The van der Waals surface area contributed by atoms with Crippen LogP contribution in [0.4, 0.5) is 0 Å². The maximum Gasteiger partial charge on any atom is 0.172 e. The number of carbonyl (C=O) groups is 1. The van der Waals surface area contributed by atoms with Gasteiger partial charge in [0.25, 0.3) is 0 Å². The molecule has 21 heavy (non-hydrogen) atoms. The minimum atomic E-state index is 0.325. The van der Waals surface area contributed by atoms with Crippen molar-refractivity contribution in [1.29, 1.82) is 0 Å². The molecule has 0 bridgehead atoms. The van der Waals surface area contributed by atoms with Gasteiger partial charge in [-0.3, -0.25) is 4.79 Å². The van der Waals surface area contributed by atoms with Crippen molar-refractivity contribution in [3.8, 4) is 0 Å². The monoisotopic (exact) mass is 305 g/mol. The second-order valence-corrected chi connectivity index (χ2v) is 7.85. The predicted octanol–water partition coefficient (Wildman–Crippen LogP) is 4.76. The molecule has 1 aromatic rings. The summed E-state index contributed by atoms with van der Waals surface area (Å²) in [5, 5.41) is 1.99. The summed E-state index contributed by atoms with van der Waals surface area (Å²) in [6.07, 6.45) is 11.8. The molecule has 3 heteroatoms. The van der Waals surface area contributed by atoms with Crippen molar-refractivity contribution in [3.63, 3.8) is 0 Å². The highest BCUT2D eigenvalue weighted by molar-refractivity contribution is 7.12.